The number of piperidine rings is 1. The van der Waals surface area contributed by atoms with E-state index in [9.17, 15) is 14.0 Å². The Kier molecular flexibility index (Phi) is 6.44. The number of hydrogen-bond donors (Lipinski definition) is 2. The van der Waals surface area contributed by atoms with Gasteiger partial charge in [0.05, 0.1) is 12.3 Å². The van der Waals surface area contributed by atoms with Gasteiger partial charge in [-0.3, -0.25) is 14.7 Å². The highest BCUT2D eigenvalue weighted by Gasteiger charge is 2.28. The summed E-state index contributed by atoms with van der Waals surface area (Å²) in [6.45, 7) is 3.43. The third-order valence-corrected chi connectivity index (χ3v) is 5.46. The van der Waals surface area contributed by atoms with Gasteiger partial charge in [0.25, 0.3) is 11.8 Å². The van der Waals surface area contributed by atoms with E-state index in [4.69, 9.17) is 4.74 Å². The van der Waals surface area contributed by atoms with Crippen molar-refractivity contribution >= 4 is 17.5 Å². The molecule has 32 heavy (non-hydrogen) atoms. The molecule has 3 heterocycles. The largest absolute Gasteiger partial charge is 0.477 e. The second-order valence-electron chi connectivity index (χ2n) is 7.50. The van der Waals surface area contributed by atoms with Crippen molar-refractivity contribution in [3.8, 4) is 5.88 Å². The summed E-state index contributed by atoms with van der Waals surface area (Å²) in [4.78, 5) is 31.3. The van der Waals surface area contributed by atoms with E-state index in [1.165, 1.54) is 12.1 Å². The quantitative estimate of drug-likeness (QED) is 0.614. The van der Waals surface area contributed by atoms with Crippen LogP contribution in [0.1, 0.15) is 52.2 Å². The summed E-state index contributed by atoms with van der Waals surface area (Å²) in [5.41, 5.74) is 1.59. The number of likely N-dealkylation sites (tertiary alicyclic amines) is 1. The summed E-state index contributed by atoms with van der Waals surface area (Å²) in [7, 11) is 0. The highest BCUT2D eigenvalue weighted by Crippen LogP contribution is 2.29. The van der Waals surface area contributed by atoms with E-state index < -0.39 is 11.7 Å². The first-order valence-electron chi connectivity index (χ1n) is 10.5. The molecule has 1 aromatic carbocycles. The van der Waals surface area contributed by atoms with Crippen LogP contribution in [0.2, 0.25) is 0 Å². The lowest BCUT2D eigenvalue weighted by atomic mass is 9.93. The van der Waals surface area contributed by atoms with Gasteiger partial charge in [-0.15, -0.1) is 0 Å². The summed E-state index contributed by atoms with van der Waals surface area (Å²) in [5, 5.41) is 9.54. The van der Waals surface area contributed by atoms with Crippen molar-refractivity contribution in [2.24, 2.45) is 0 Å². The minimum absolute atomic E-state index is 0.102. The molecule has 1 saturated heterocycles. The predicted octanol–water partition coefficient (Wildman–Crippen LogP) is 3.61. The van der Waals surface area contributed by atoms with Crippen molar-refractivity contribution in [1.82, 2.24) is 20.1 Å². The van der Waals surface area contributed by atoms with Crippen LogP contribution in [0.4, 0.5) is 10.1 Å². The fourth-order valence-electron chi connectivity index (χ4n) is 3.78. The first kappa shape index (κ1) is 21.5. The van der Waals surface area contributed by atoms with Gasteiger partial charge in [-0.05, 0) is 50.1 Å². The number of aromatic nitrogens is 3. The number of halogens is 1. The number of aromatic amines is 1. The van der Waals surface area contributed by atoms with Crippen molar-refractivity contribution in [1.29, 1.82) is 0 Å². The van der Waals surface area contributed by atoms with Crippen LogP contribution >= 0.6 is 0 Å². The number of benzene rings is 1. The number of carbonyl (C=O) groups is 2. The molecule has 1 aliphatic heterocycles. The molecule has 0 unspecified atom stereocenters. The van der Waals surface area contributed by atoms with Crippen molar-refractivity contribution in [3.05, 3.63) is 71.4 Å². The topological polar surface area (TPSA) is 100 Å². The van der Waals surface area contributed by atoms with Gasteiger partial charge in [-0.25, -0.2) is 9.37 Å². The van der Waals surface area contributed by atoms with Crippen LogP contribution in [0.3, 0.4) is 0 Å². The molecular formula is C23H24FN5O3. The Bertz CT molecular complexity index is 1110. The van der Waals surface area contributed by atoms with Crippen molar-refractivity contribution < 1.29 is 18.7 Å². The number of nitrogens with one attached hydrogen (secondary N) is 2. The molecule has 0 atom stereocenters. The van der Waals surface area contributed by atoms with Gasteiger partial charge in [0.2, 0.25) is 5.88 Å². The first-order chi connectivity index (χ1) is 15.6. The van der Waals surface area contributed by atoms with Crippen LogP contribution in [-0.2, 0) is 0 Å². The summed E-state index contributed by atoms with van der Waals surface area (Å²) in [6, 6.07) is 11.1. The Balaban J connectivity index is 1.37. The van der Waals surface area contributed by atoms with E-state index in [0.29, 0.717) is 31.1 Å². The van der Waals surface area contributed by atoms with Crippen molar-refractivity contribution in [3.63, 3.8) is 0 Å². The lowest BCUT2D eigenvalue weighted by Crippen LogP contribution is -2.38. The highest BCUT2D eigenvalue weighted by atomic mass is 19.1. The molecule has 2 amide bonds. The Labute approximate surface area is 184 Å². The molecule has 0 radical (unpaired) electrons. The molecule has 0 saturated carbocycles. The number of amides is 2. The monoisotopic (exact) mass is 437 g/mol. The van der Waals surface area contributed by atoms with Crippen LogP contribution in [0, 0.1) is 5.82 Å². The second-order valence-corrected chi connectivity index (χ2v) is 7.50. The molecule has 2 N–H and O–H groups in total. The Morgan fingerprint density at radius 1 is 1.22 bits per heavy atom. The molecule has 0 aliphatic carbocycles. The van der Waals surface area contributed by atoms with E-state index >= 15 is 0 Å². The Morgan fingerprint density at radius 2 is 2.00 bits per heavy atom. The minimum Gasteiger partial charge on any atom is -0.477 e. The van der Waals surface area contributed by atoms with Crippen LogP contribution in [0.15, 0.2) is 48.7 Å². The summed E-state index contributed by atoms with van der Waals surface area (Å²) >= 11 is 0. The normalized spacial score (nSPS) is 14.2. The molecule has 166 valence electrons. The van der Waals surface area contributed by atoms with Crippen LogP contribution in [-0.4, -0.2) is 51.6 Å². The number of pyridine rings is 1. The molecule has 8 nitrogen and oxygen atoms in total. The molecule has 1 fully saturated rings. The fraction of sp³-hybridized carbons (Fsp3) is 0.304. The summed E-state index contributed by atoms with van der Waals surface area (Å²) in [6.07, 6.45) is 3.06. The Hall–Kier alpha value is -3.75. The van der Waals surface area contributed by atoms with E-state index in [2.05, 4.69) is 20.5 Å². The zero-order valence-corrected chi connectivity index (χ0v) is 17.7. The van der Waals surface area contributed by atoms with Crippen molar-refractivity contribution in [2.45, 2.75) is 25.7 Å². The zero-order valence-electron chi connectivity index (χ0n) is 17.7. The lowest BCUT2D eigenvalue weighted by Gasteiger charge is -2.31. The van der Waals surface area contributed by atoms with Crippen LogP contribution in [0.25, 0.3) is 0 Å². The third kappa shape index (κ3) is 4.61. The van der Waals surface area contributed by atoms with Gasteiger partial charge >= 0.3 is 0 Å². The molecule has 2 aromatic heterocycles. The maximum Gasteiger partial charge on any atom is 0.276 e. The molecule has 4 rings (SSSR count). The minimum atomic E-state index is -0.505. The number of para-hydroxylation sites is 1. The maximum atomic E-state index is 13.8. The average Bonchev–Trinajstić information content (AvgIpc) is 3.31. The maximum absolute atomic E-state index is 13.8. The highest BCUT2D eigenvalue weighted by molar-refractivity contribution is 6.03. The van der Waals surface area contributed by atoms with Gasteiger partial charge in [0.1, 0.15) is 11.4 Å². The smallest absolute Gasteiger partial charge is 0.276 e. The summed E-state index contributed by atoms with van der Waals surface area (Å²) in [5.74, 6) is -0.599. The number of anilines is 1. The SMILES string of the molecule is CCOc1ncccc1C(=O)N1CCC(c2cc(C(=O)Nc3ccccc3F)n[nH]2)CC1. The lowest BCUT2D eigenvalue weighted by molar-refractivity contribution is 0.0707. The Morgan fingerprint density at radius 3 is 2.75 bits per heavy atom. The molecule has 3 aromatic rings. The number of ether oxygens (including phenoxy) is 1. The first-order valence-corrected chi connectivity index (χ1v) is 10.5. The van der Waals surface area contributed by atoms with Gasteiger partial charge < -0.3 is 15.0 Å². The molecule has 0 spiro atoms. The molecular weight excluding hydrogens is 413 g/mol. The molecule has 0 bridgehead atoms. The van der Waals surface area contributed by atoms with Gasteiger partial charge in [0.15, 0.2) is 5.69 Å². The zero-order chi connectivity index (χ0) is 22.5. The van der Waals surface area contributed by atoms with Crippen LogP contribution < -0.4 is 10.1 Å². The number of H-pyrrole nitrogens is 1. The predicted molar refractivity (Wildman–Crippen MR) is 116 cm³/mol. The van der Waals surface area contributed by atoms with Gasteiger partial charge in [0, 0.05) is 30.9 Å². The third-order valence-electron chi connectivity index (χ3n) is 5.46. The number of rotatable bonds is 6. The van der Waals surface area contributed by atoms with E-state index in [1.807, 2.05) is 6.92 Å². The number of carbonyl (C=O) groups excluding carboxylic acids is 2. The van der Waals surface area contributed by atoms with Crippen LogP contribution in [0.5, 0.6) is 5.88 Å². The van der Waals surface area contributed by atoms with Crippen molar-refractivity contribution in [2.75, 3.05) is 25.0 Å². The van der Waals surface area contributed by atoms with E-state index in [-0.39, 0.29) is 23.2 Å². The standard InChI is InChI=1S/C23H24FN5O3/c1-2-32-22-16(6-5-11-25-22)23(31)29-12-9-15(10-13-29)19-14-20(28-27-19)21(30)26-18-8-4-3-7-17(18)24/h3-8,11,14-15H,2,9-10,12-13H2,1H3,(H,26,30)(H,27,28). The fourth-order valence-corrected chi connectivity index (χ4v) is 3.78. The average molecular weight is 437 g/mol. The second kappa shape index (κ2) is 9.59. The molecule has 1 aliphatic rings. The van der Waals surface area contributed by atoms with Gasteiger partial charge in [-0.2, -0.15) is 5.10 Å². The number of nitrogens with zero attached hydrogens (tertiary/aromatic N) is 3. The van der Waals surface area contributed by atoms with E-state index in [0.717, 1.165) is 18.5 Å². The van der Waals surface area contributed by atoms with E-state index in [1.54, 1.807) is 41.4 Å². The van der Waals surface area contributed by atoms with Gasteiger partial charge in [-0.1, -0.05) is 12.1 Å². The summed E-state index contributed by atoms with van der Waals surface area (Å²) < 4.78 is 19.2. The number of hydrogen-bond acceptors (Lipinski definition) is 5. The molecule has 9 heteroatoms.